The zero-order chi connectivity index (χ0) is 19.4. The third kappa shape index (κ3) is 4.53. The second-order valence-electron chi connectivity index (χ2n) is 4.95. The van der Waals surface area contributed by atoms with Crippen LogP contribution < -0.4 is 10.6 Å². The van der Waals surface area contributed by atoms with Crippen molar-refractivity contribution >= 4 is 78.8 Å². The normalized spacial score (nSPS) is 10.2. The number of ether oxygens (including phenoxy) is 2. The average molecular weight is 478 g/mol. The van der Waals surface area contributed by atoms with E-state index in [4.69, 9.17) is 33.3 Å². The number of carbonyl (C=O) groups is 2. The van der Waals surface area contributed by atoms with Gasteiger partial charge in [-0.25, -0.2) is 9.59 Å². The van der Waals surface area contributed by atoms with Gasteiger partial charge in [0.1, 0.15) is 9.88 Å². The maximum Gasteiger partial charge on any atom is 0.348 e. The van der Waals surface area contributed by atoms with Crippen molar-refractivity contribution in [3.8, 4) is 0 Å². The van der Waals surface area contributed by atoms with Crippen molar-refractivity contribution in [2.45, 2.75) is 6.92 Å². The van der Waals surface area contributed by atoms with Gasteiger partial charge in [0.05, 0.1) is 24.8 Å². The Balaban J connectivity index is 2.29. The van der Waals surface area contributed by atoms with Crippen LogP contribution in [0.15, 0.2) is 22.7 Å². The lowest BCUT2D eigenvalue weighted by atomic mass is 10.1. The van der Waals surface area contributed by atoms with Crippen molar-refractivity contribution in [2.75, 3.05) is 24.9 Å². The second-order valence-corrected chi connectivity index (χ2v) is 7.64. The zero-order valence-corrected chi connectivity index (χ0v) is 17.9. The van der Waals surface area contributed by atoms with Crippen LogP contribution in [0.2, 0.25) is 5.02 Å². The predicted octanol–water partition coefficient (Wildman–Crippen LogP) is 4.85. The molecule has 0 amide bonds. The van der Waals surface area contributed by atoms with E-state index in [0.29, 0.717) is 26.2 Å². The first kappa shape index (κ1) is 20.6. The highest BCUT2D eigenvalue weighted by atomic mass is 79.9. The van der Waals surface area contributed by atoms with Crippen LogP contribution in [0.3, 0.4) is 0 Å². The van der Waals surface area contributed by atoms with Gasteiger partial charge in [-0.2, -0.15) is 0 Å². The van der Waals surface area contributed by atoms with E-state index >= 15 is 0 Å². The van der Waals surface area contributed by atoms with Crippen LogP contribution in [-0.4, -0.2) is 31.3 Å². The number of methoxy groups -OCH3 is 2. The number of thiophene rings is 1. The molecule has 0 unspecified atom stereocenters. The van der Waals surface area contributed by atoms with Gasteiger partial charge in [-0.1, -0.05) is 11.6 Å². The molecule has 138 valence electrons. The van der Waals surface area contributed by atoms with Gasteiger partial charge in [0.2, 0.25) is 0 Å². The fourth-order valence-electron chi connectivity index (χ4n) is 2.08. The molecule has 6 nitrogen and oxygen atoms in total. The summed E-state index contributed by atoms with van der Waals surface area (Å²) < 4.78 is 10.3. The molecule has 2 rings (SSSR count). The van der Waals surface area contributed by atoms with Gasteiger partial charge < -0.3 is 20.1 Å². The molecule has 0 aliphatic heterocycles. The lowest BCUT2D eigenvalue weighted by molar-refractivity contribution is 0.0601. The number of hydrogen-bond donors (Lipinski definition) is 2. The Morgan fingerprint density at radius 3 is 2.42 bits per heavy atom. The van der Waals surface area contributed by atoms with Crippen LogP contribution in [0.4, 0.5) is 10.7 Å². The van der Waals surface area contributed by atoms with Crippen LogP contribution in [-0.2, 0) is 9.47 Å². The number of halogens is 2. The molecule has 2 N–H and O–H groups in total. The number of nitrogens with one attached hydrogen (secondary N) is 2. The molecule has 0 saturated heterocycles. The first-order valence-electron chi connectivity index (χ1n) is 7.11. The van der Waals surface area contributed by atoms with Crippen LogP contribution in [0.5, 0.6) is 0 Å². The number of esters is 2. The summed E-state index contributed by atoms with van der Waals surface area (Å²) in [7, 11) is 2.54. The number of anilines is 2. The Labute approximate surface area is 172 Å². The molecule has 1 aromatic carbocycles. The van der Waals surface area contributed by atoms with E-state index in [1.807, 2.05) is 0 Å². The van der Waals surface area contributed by atoms with E-state index in [2.05, 4.69) is 26.6 Å². The minimum Gasteiger partial charge on any atom is -0.465 e. The molecule has 0 atom stereocenters. The number of benzene rings is 1. The van der Waals surface area contributed by atoms with E-state index in [1.165, 1.54) is 14.2 Å². The van der Waals surface area contributed by atoms with Crippen molar-refractivity contribution in [3.05, 3.63) is 43.7 Å². The summed E-state index contributed by atoms with van der Waals surface area (Å²) in [6.45, 7) is 1.64. The van der Waals surface area contributed by atoms with Crippen molar-refractivity contribution in [3.63, 3.8) is 0 Å². The fraction of sp³-hybridized carbons (Fsp3) is 0.188. The van der Waals surface area contributed by atoms with Gasteiger partial charge in [-0.3, -0.25) is 0 Å². The Morgan fingerprint density at radius 2 is 1.85 bits per heavy atom. The topological polar surface area (TPSA) is 76.7 Å². The highest BCUT2D eigenvalue weighted by Crippen LogP contribution is 2.34. The average Bonchev–Trinajstić information content (AvgIpc) is 2.92. The lowest BCUT2D eigenvalue weighted by Gasteiger charge is -2.11. The summed E-state index contributed by atoms with van der Waals surface area (Å²) in [4.78, 5) is 24.3. The third-order valence-electron chi connectivity index (χ3n) is 3.31. The van der Waals surface area contributed by atoms with E-state index < -0.39 is 11.9 Å². The summed E-state index contributed by atoms with van der Waals surface area (Å²) in [5.74, 6) is -1.12. The van der Waals surface area contributed by atoms with Gasteiger partial charge in [0.15, 0.2) is 5.11 Å². The van der Waals surface area contributed by atoms with Gasteiger partial charge in [-0.05, 0) is 58.8 Å². The van der Waals surface area contributed by atoms with Crippen molar-refractivity contribution in [2.24, 2.45) is 0 Å². The summed E-state index contributed by atoms with van der Waals surface area (Å²) in [5, 5.41) is 7.03. The summed E-state index contributed by atoms with van der Waals surface area (Å²) >= 11 is 15.7. The van der Waals surface area contributed by atoms with Gasteiger partial charge in [0.25, 0.3) is 0 Å². The first-order valence-corrected chi connectivity index (χ1v) is 9.51. The SMILES string of the molecule is COC(=O)c1sc(NC(=S)Nc2ccc(Br)c(Cl)c2)c(C(=O)OC)c1C. The van der Waals surface area contributed by atoms with E-state index in [-0.39, 0.29) is 10.7 Å². The molecule has 0 fully saturated rings. The highest BCUT2D eigenvalue weighted by Gasteiger charge is 2.26. The number of thiocarbonyl (C=S) groups is 1. The summed E-state index contributed by atoms with van der Waals surface area (Å²) in [6.07, 6.45) is 0. The fourth-order valence-corrected chi connectivity index (χ4v) is 3.91. The van der Waals surface area contributed by atoms with Gasteiger partial charge in [0, 0.05) is 10.2 Å². The number of hydrogen-bond acceptors (Lipinski definition) is 6. The molecule has 0 bridgehead atoms. The lowest BCUT2D eigenvalue weighted by Crippen LogP contribution is -2.20. The molecule has 26 heavy (non-hydrogen) atoms. The molecular formula is C16H14BrClN2O4S2. The number of rotatable bonds is 4. The van der Waals surface area contributed by atoms with Crippen molar-refractivity contribution < 1.29 is 19.1 Å². The molecule has 1 aromatic heterocycles. The Bertz CT molecular complexity index is 885. The van der Waals surface area contributed by atoms with Crippen LogP contribution in [0, 0.1) is 6.92 Å². The van der Waals surface area contributed by atoms with E-state index in [9.17, 15) is 9.59 Å². The predicted molar refractivity (Wildman–Crippen MR) is 111 cm³/mol. The Morgan fingerprint density at radius 1 is 1.19 bits per heavy atom. The minimum atomic E-state index is -0.578. The maximum absolute atomic E-state index is 12.1. The molecule has 1 heterocycles. The monoisotopic (exact) mass is 476 g/mol. The number of carbonyl (C=O) groups excluding carboxylic acids is 2. The summed E-state index contributed by atoms with van der Waals surface area (Å²) in [5.41, 5.74) is 1.36. The minimum absolute atomic E-state index is 0.228. The largest absolute Gasteiger partial charge is 0.465 e. The highest BCUT2D eigenvalue weighted by molar-refractivity contribution is 9.10. The molecule has 2 aromatic rings. The molecule has 0 spiro atoms. The smallest absolute Gasteiger partial charge is 0.348 e. The van der Waals surface area contributed by atoms with Crippen LogP contribution in [0.25, 0.3) is 0 Å². The third-order valence-corrected chi connectivity index (χ3v) is 5.94. The molecule has 0 aliphatic carbocycles. The molecular weight excluding hydrogens is 464 g/mol. The molecule has 0 aliphatic rings. The Hall–Kier alpha value is -1.68. The van der Waals surface area contributed by atoms with Gasteiger partial charge >= 0.3 is 11.9 Å². The second kappa shape index (κ2) is 8.81. The van der Waals surface area contributed by atoms with E-state index in [1.54, 1.807) is 25.1 Å². The zero-order valence-electron chi connectivity index (χ0n) is 13.9. The maximum atomic E-state index is 12.1. The molecule has 0 saturated carbocycles. The van der Waals surface area contributed by atoms with E-state index in [0.717, 1.165) is 15.8 Å². The van der Waals surface area contributed by atoms with Crippen molar-refractivity contribution in [1.82, 2.24) is 0 Å². The molecule has 10 heteroatoms. The Kier molecular flexibility index (Phi) is 6.99. The standard InChI is InChI=1S/C16H14BrClN2O4S2/c1-7-11(14(21)23-2)13(26-12(7)15(22)24-3)20-16(25)19-8-4-5-9(17)10(18)6-8/h4-6H,1-3H3,(H2,19,20,25). The van der Waals surface area contributed by atoms with Crippen molar-refractivity contribution in [1.29, 1.82) is 0 Å². The van der Waals surface area contributed by atoms with Gasteiger partial charge in [-0.15, -0.1) is 11.3 Å². The first-order chi connectivity index (χ1) is 12.3. The van der Waals surface area contributed by atoms with Crippen LogP contribution >= 0.6 is 51.1 Å². The quantitative estimate of drug-likeness (QED) is 0.481. The van der Waals surface area contributed by atoms with Crippen LogP contribution in [0.1, 0.15) is 25.6 Å². The summed E-state index contributed by atoms with van der Waals surface area (Å²) in [6, 6.07) is 5.25. The molecule has 0 radical (unpaired) electrons.